The van der Waals surface area contributed by atoms with Crippen molar-refractivity contribution in [2.75, 3.05) is 19.6 Å². The second kappa shape index (κ2) is 9.64. The Bertz CT molecular complexity index is 904. The third kappa shape index (κ3) is 6.94. The van der Waals surface area contributed by atoms with Gasteiger partial charge in [-0.05, 0) is 78.8 Å². The molecule has 1 aliphatic heterocycles. The van der Waals surface area contributed by atoms with Crippen LogP contribution in [0.4, 0.5) is 18.0 Å². The van der Waals surface area contributed by atoms with Crippen LogP contribution >= 0.6 is 0 Å². The number of hydrogen-bond acceptors (Lipinski definition) is 5. The predicted octanol–water partition coefficient (Wildman–Crippen LogP) is 4.45. The maximum atomic E-state index is 13.4. The van der Waals surface area contributed by atoms with E-state index in [4.69, 9.17) is 4.74 Å². The number of rotatable bonds is 6. The molecule has 33 heavy (non-hydrogen) atoms. The molecular weight excluding hydrogens is 437 g/mol. The Morgan fingerprint density at radius 1 is 1.24 bits per heavy atom. The summed E-state index contributed by atoms with van der Waals surface area (Å²) in [5, 5.41) is 4.26. The number of halogens is 3. The molecule has 10 heteroatoms. The Morgan fingerprint density at radius 3 is 2.45 bits per heavy atom. The van der Waals surface area contributed by atoms with Crippen LogP contribution in [0.1, 0.15) is 77.5 Å². The number of likely N-dealkylation sites (tertiary alicyclic amines) is 1. The zero-order chi connectivity index (χ0) is 24.6. The molecule has 7 nitrogen and oxygen atoms in total. The molecule has 0 bridgehead atoms. The average Bonchev–Trinajstić information content (AvgIpc) is 3.50. The van der Waals surface area contributed by atoms with Crippen LogP contribution in [0, 0.1) is 5.92 Å². The fraction of sp³-hybridized carbons (Fsp3) is 0.783. The van der Waals surface area contributed by atoms with Crippen LogP contribution in [0.25, 0.3) is 0 Å². The lowest BCUT2D eigenvalue weighted by Gasteiger charge is -2.37. The zero-order valence-corrected chi connectivity index (χ0v) is 20.1. The first-order valence-electron chi connectivity index (χ1n) is 11.7. The summed E-state index contributed by atoms with van der Waals surface area (Å²) in [5.41, 5.74) is -2.51. The molecule has 1 saturated carbocycles. The molecule has 2 aliphatic rings. The van der Waals surface area contributed by atoms with Gasteiger partial charge in [-0.1, -0.05) is 0 Å². The normalized spacial score (nSPS) is 20.2. The highest BCUT2D eigenvalue weighted by atomic mass is 19.4. The van der Waals surface area contributed by atoms with Gasteiger partial charge in [-0.2, -0.15) is 18.3 Å². The first-order valence-corrected chi connectivity index (χ1v) is 11.7. The molecule has 1 aromatic rings. The van der Waals surface area contributed by atoms with Gasteiger partial charge in [0.2, 0.25) is 0 Å². The van der Waals surface area contributed by atoms with E-state index >= 15 is 0 Å². The monoisotopic (exact) mass is 472 g/mol. The lowest BCUT2D eigenvalue weighted by Crippen LogP contribution is -2.48. The smallest absolute Gasteiger partial charge is 0.421 e. The van der Waals surface area contributed by atoms with E-state index in [1.54, 1.807) is 4.90 Å². The van der Waals surface area contributed by atoms with Crippen molar-refractivity contribution < 1.29 is 22.7 Å². The molecule has 1 amide bonds. The second-order valence-corrected chi connectivity index (χ2v) is 10.5. The maximum Gasteiger partial charge on any atom is 0.421 e. The first-order chi connectivity index (χ1) is 15.2. The molecule has 186 valence electrons. The number of alkyl halides is 3. The molecule has 0 spiro atoms. The van der Waals surface area contributed by atoms with Gasteiger partial charge in [-0.25, -0.2) is 9.48 Å². The summed E-state index contributed by atoms with van der Waals surface area (Å²) < 4.78 is 46.8. The van der Waals surface area contributed by atoms with E-state index in [0.717, 1.165) is 36.4 Å². The number of amides is 1. The minimum Gasteiger partial charge on any atom is -0.444 e. The van der Waals surface area contributed by atoms with Gasteiger partial charge >= 0.3 is 12.3 Å². The minimum atomic E-state index is -4.71. The van der Waals surface area contributed by atoms with Crippen LogP contribution in [0.3, 0.4) is 0 Å². The number of piperidine rings is 1. The number of aromatic nitrogens is 2. The highest BCUT2D eigenvalue weighted by molar-refractivity contribution is 5.68. The molecule has 1 unspecified atom stereocenters. The first kappa shape index (κ1) is 25.5. The second-order valence-electron chi connectivity index (χ2n) is 10.5. The van der Waals surface area contributed by atoms with Gasteiger partial charge in [0.25, 0.3) is 5.56 Å². The van der Waals surface area contributed by atoms with E-state index in [1.807, 2.05) is 39.5 Å². The molecule has 1 aliphatic carbocycles. The molecule has 1 saturated heterocycles. The summed E-state index contributed by atoms with van der Waals surface area (Å²) >= 11 is 0. The molecule has 2 heterocycles. The lowest BCUT2D eigenvalue weighted by molar-refractivity contribution is -0.139. The summed E-state index contributed by atoms with van der Waals surface area (Å²) in [6, 6.07) is 0.862. The Hall–Kier alpha value is -2.10. The molecule has 0 radical (unpaired) electrons. The van der Waals surface area contributed by atoms with Crippen LogP contribution in [-0.2, 0) is 17.6 Å². The summed E-state index contributed by atoms with van der Waals surface area (Å²) in [6.45, 7) is 11.0. The summed E-state index contributed by atoms with van der Waals surface area (Å²) in [4.78, 5) is 28.8. The topological polar surface area (TPSA) is 67.7 Å². The van der Waals surface area contributed by atoms with E-state index in [1.165, 1.54) is 0 Å². The molecular formula is C23H35F3N4O3. The molecule has 1 atom stereocenters. The Morgan fingerprint density at radius 2 is 1.91 bits per heavy atom. The number of hydrogen-bond donors (Lipinski definition) is 0. The Kier molecular flexibility index (Phi) is 7.45. The summed E-state index contributed by atoms with van der Waals surface area (Å²) in [7, 11) is 0. The fourth-order valence-electron chi connectivity index (χ4n) is 4.15. The number of carbonyl (C=O) groups excluding carboxylic acids is 1. The van der Waals surface area contributed by atoms with Crippen LogP contribution in [0.5, 0.6) is 0 Å². The van der Waals surface area contributed by atoms with Crippen molar-refractivity contribution in [3.63, 3.8) is 0 Å². The Balaban J connectivity index is 1.73. The molecule has 3 rings (SSSR count). The van der Waals surface area contributed by atoms with Gasteiger partial charge in [0.1, 0.15) is 11.2 Å². The van der Waals surface area contributed by atoms with Crippen LogP contribution in [0.15, 0.2) is 10.9 Å². The quantitative estimate of drug-likeness (QED) is 0.612. The molecule has 1 aromatic heterocycles. The van der Waals surface area contributed by atoms with Crippen molar-refractivity contribution in [2.45, 2.75) is 90.7 Å². The van der Waals surface area contributed by atoms with E-state index in [2.05, 4.69) is 5.10 Å². The fourth-order valence-corrected chi connectivity index (χ4v) is 4.15. The SMILES string of the molecule is CC(C)N(CC1CCCN(Cn2nc(C3CC3)cc(C(F)(F)F)c2=O)C1)C(=O)OC(C)(C)C. The van der Waals surface area contributed by atoms with Crippen LogP contribution in [-0.4, -0.2) is 57.0 Å². The van der Waals surface area contributed by atoms with Gasteiger partial charge in [0.15, 0.2) is 0 Å². The number of carbonyl (C=O) groups is 1. The van der Waals surface area contributed by atoms with E-state index < -0.39 is 22.9 Å². The molecule has 0 N–H and O–H groups in total. The van der Waals surface area contributed by atoms with Crippen molar-refractivity contribution in [2.24, 2.45) is 5.92 Å². The van der Waals surface area contributed by atoms with Gasteiger partial charge < -0.3 is 9.64 Å². The van der Waals surface area contributed by atoms with Crippen molar-refractivity contribution >= 4 is 6.09 Å². The van der Waals surface area contributed by atoms with Crippen molar-refractivity contribution in [1.29, 1.82) is 0 Å². The lowest BCUT2D eigenvalue weighted by atomic mass is 9.97. The van der Waals surface area contributed by atoms with E-state index in [9.17, 15) is 22.8 Å². The molecule has 0 aromatic carbocycles. The van der Waals surface area contributed by atoms with Gasteiger partial charge in [-0.15, -0.1) is 0 Å². The van der Waals surface area contributed by atoms with Crippen molar-refractivity contribution in [3.05, 3.63) is 27.7 Å². The zero-order valence-electron chi connectivity index (χ0n) is 20.1. The Labute approximate surface area is 192 Å². The van der Waals surface area contributed by atoms with Crippen LogP contribution in [0.2, 0.25) is 0 Å². The summed E-state index contributed by atoms with van der Waals surface area (Å²) in [5.74, 6) is 0.124. The highest BCUT2D eigenvalue weighted by Crippen LogP contribution is 2.40. The number of nitrogens with zero attached hydrogens (tertiary/aromatic N) is 4. The van der Waals surface area contributed by atoms with E-state index in [-0.39, 0.29) is 30.6 Å². The highest BCUT2D eigenvalue weighted by Gasteiger charge is 2.38. The summed E-state index contributed by atoms with van der Waals surface area (Å²) in [6.07, 6.45) is -1.77. The van der Waals surface area contributed by atoms with Crippen LogP contribution < -0.4 is 5.56 Å². The van der Waals surface area contributed by atoms with Gasteiger partial charge in [0, 0.05) is 25.0 Å². The predicted molar refractivity (Wildman–Crippen MR) is 118 cm³/mol. The third-order valence-corrected chi connectivity index (χ3v) is 5.94. The van der Waals surface area contributed by atoms with Gasteiger partial charge in [-0.3, -0.25) is 9.69 Å². The average molecular weight is 473 g/mol. The maximum absolute atomic E-state index is 13.4. The standard InChI is InChI=1S/C23H35F3N4O3/c1-15(2)29(21(32)33-22(3,4)5)13-16-7-6-10-28(12-16)14-30-20(31)18(23(24,25)26)11-19(27-30)17-8-9-17/h11,15-17H,6-10,12-14H2,1-5H3. The largest absolute Gasteiger partial charge is 0.444 e. The van der Waals surface area contributed by atoms with Gasteiger partial charge in [0.05, 0.1) is 12.4 Å². The minimum absolute atomic E-state index is 0.000447. The van der Waals surface area contributed by atoms with Crippen molar-refractivity contribution in [1.82, 2.24) is 19.6 Å². The number of ether oxygens (including phenoxy) is 1. The van der Waals surface area contributed by atoms with Crippen molar-refractivity contribution in [3.8, 4) is 0 Å². The van der Waals surface area contributed by atoms with E-state index in [0.29, 0.717) is 25.3 Å². The molecule has 2 fully saturated rings. The third-order valence-electron chi connectivity index (χ3n) is 5.94.